The van der Waals surface area contributed by atoms with E-state index in [2.05, 4.69) is 34.6 Å². The van der Waals surface area contributed by atoms with Crippen LogP contribution < -0.4 is 5.73 Å². The highest BCUT2D eigenvalue weighted by Crippen LogP contribution is 2.30. The standard InChI is InChI=1S/C10H21NO.CH2O/c1-7(2)6-8(9(11)12)10(3,4)5;1-2/h7-8H,6H2,1-5H3,(H2,11,12);1H2. The molecular weight excluding hydrogens is 178 g/mol. The van der Waals surface area contributed by atoms with Gasteiger partial charge in [-0.2, -0.15) is 0 Å². The Morgan fingerprint density at radius 3 is 1.71 bits per heavy atom. The van der Waals surface area contributed by atoms with Crippen molar-refractivity contribution in [3.63, 3.8) is 0 Å². The maximum Gasteiger partial charge on any atom is 0.221 e. The summed E-state index contributed by atoms with van der Waals surface area (Å²) in [6.45, 7) is 12.4. The second-order valence-corrected chi connectivity index (χ2v) is 4.95. The molecule has 0 fully saturated rings. The van der Waals surface area contributed by atoms with Crippen molar-refractivity contribution in [3.8, 4) is 0 Å². The van der Waals surface area contributed by atoms with Crippen molar-refractivity contribution in [3.05, 3.63) is 0 Å². The quantitative estimate of drug-likeness (QED) is 0.759. The summed E-state index contributed by atoms with van der Waals surface area (Å²) < 4.78 is 0. The molecule has 0 heterocycles. The highest BCUT2D eigenvalue weighted by molar-refractivity contribution is 5.77. The lowest BCUT2D eigenvalue weighted by Gasteiger charge is -2.29. The van der Waals surface area contributed by atoms with Gasteiger partial charge in [0.1, 0.15) is 6.79 Å². The summed E-state index contributed by atoms with van der Waals surface area (Å²) in [5.41, 5.74) is 5.33. The summed E-state index contributed by atoms with van der Waals surface area (Å²) >= 11 is 0. The molecule has 0 aliphatic heterocycles. The molecule has 0 spiro atoms. The first-order valence-corrected chi connectivity index (χ1v) is 4.83. The highest BCUT2D eigenvalue weighted by Gasteiger charge is 2.29. The minimum Gasteiger partial charge on any atom is -0.369 e. The number of carbonyl (C=O) groups excluding carboxylic acids is 2. The van der Waals surface area contributed by atoms with Gasteiger partial charge in [-0.1, -0.05) is 34.6 Å². The van der Waals surface area contributed by atoms with E-state index >= 15 is 0 Å². The van der Waals surface area contributed by atoms with E-state index in [-0.39, 0.29) is 17.2 Å². The molecule has 1 amide bonds. The normalized spacial score (nSPS) is 13.0. The Morgan fingerprint density at radius 1 is 1.29 bits per heavy atom. The molecule has 0 aliphatic rings. The van der Waals surface area contributed by atoms with Gasteiger partial charge in [-0.25, -0.2) is 0 Å². The van der Waals surface area contributed by atoms with Crippen LogP contribution in [-0.2, 0) is 9.59 Å². The zero-order valence-electron chi connectivity index (χ0n) is 9.96. The molecule has 2 N–H and O–H groups in total. The smallest absolute Gasteiger partial charge is 0.221 e. The van der Waals surface area contributed by atoms with Crippen molar-refractivity contribution >= 4 is 12.7 Å². The fourth-order valence-electron chi connectivity index (χ4n) is 1.37. The van der Waals surface area contributed by atoms with Crippen LogP contribution in [0.25, 0.3) is 0 Å². The maximum atomic E-state index is 11.1. The molecule has 3 heteroatoms. The van der Waals surface area contributed by atoms with E-state index in [0.29, 0.717) is 5.92 Å². The molecule has 14 heavy (non-hydrogen) atoms. The van der Waals surface area contributed by atoms with Crippen LogP contribution in [-0.4, -0.2) is 12.7 Å². The first-order chi connectivity index (χ1) is 6.25. The van der Waals surface area contributed by atoms with Crippen LogP contribution in [0.15, 0.2) is 0 Å². The van der Waals surface area contributed by atoms with Crippen LogP contribution in [0.1, 0.15) is 41.0 Å². The predicted molar refractivity (Wildman–Crippen MR) is 58.7 cm³/mol. The summed E-state index contributed by atoms with van der Waals surface area (Å²) in [4.78, 5) is 19.1. The van der Waals surface area contributed by atoms with Crippen LogP contribution in [0.4, 0.5) is 0 Å². The van der Waals surface area contributed by atoms with Gasteiger partial charge in [0.25, 0.3) is 0 Å². The van der Waals surface area contributed by atoms with Gasteiger partial charge in [0.05, 0.1) is 0 Å². The maximum absolute atomic E-state index is 11.1. The Kier molecular flexibility index (Phi) is 7.33. The Hall–Kier alpha value is -0.860. The van der Waals surface area contributed by atoms with Gasteiger partial charge in [-0.15, -0.1) is 0 Å². The molecule has 0 bridgehead atoms. The Labute approximate surface area is 87.1 Å². The van der Waals surface area contributed by atoms with E-state index in [1.165, 1.54) is 0 Å². The van der Waals surface area contributed by atoms with E-state index in [0.717, 1.165) is 6.42 Å². The van der Waals surface area contributed by atoms with Crippen molar-refractivity contribution < 1.29 is 9.59 Å². The summed E-state index contributed by atoms with van der Waals surface area (Å²) in [6, 6.07) is 0. The van der Waals surface area contributed by atoms with Crippen molar-refractivity contribution in [2.24, 2.45) is 23.0 Å². The van der Waals surface area contributed by atoms with E-state index in [1.54, 1.807) is 0 Å². The second-order valence-electron chi connectivity index (χ2n) is 4.95. The fourth-order valence-corrected chi connectivity index (χ4v) is 1.37. The van der Waals surface area contributed by atoms with Gasteiger partial charge < -0.3 is 10.5 Å². The number of hydrogen-bond acceptors (Lipinski definition) is 2. The van der Waals surface area contributed by atoms with Gasteiger partial charge in [0, 0.05) is 5.92 Å². The number of amides is 1. The molecule has 0 aromatic carbocycles. The van der Waals surface area contributed by atoms with Gasteiger partial charge in [-0.3, -0.25) is 4.79 Å². The highest BCUT2D eigenvalue weighted by atomic mass is 16.1. The lowest BCUT2D eigenvalue weighted by Crippen LogP contribution is -2.34. The van der Waals surface area contributed by atoms with Crippen molar-refractivity contribution in [2.75, 3.05) is 0 Å². The molecule has 0 saturated heterocycles. The molecule has 1 unspecified atom stereocenters. The van der Waals surface area contributed by atoms with Crippen LogP contribution in [0.5, 0.6) is 0 Å². The summed E-state index contributed by atoms with van der Waals surface area (Å²) in [5, 5.41) is 0. The van der Waals surface area contributed by atoms with Gasteiger partial charge in [0.2, 0.25) is 5.91 Å². The number of carbonyl (C=O) groups is 2. The summed E-state index contributed by atoms with van der Waals surface area (Å²) in [5.74, 6) is 0.357. The largest absolute Gasteiger partial charge is 0.369 e. The monoisotopic (exact) mass is 201 g/mol. The van der Waals surface area contributed by atoms with E-state index < -0.39 is 0 Å². The van der Waals surface area contributed by atoms with E-state index in [1.807, 2.05) is 6.79 Å². The predicted octanol–water partition coefficient (Wildman–Crippen LogP) is 2.00. The first kappa shape index (κ1) is 15.6. The Morgan fingerprint density at radius 2 is 1.64 bits per heavy atom. The van der Waals surface area contributed by atoms with Gasteiger partial charge >= 0.3 is 0 Å². The third kappa shape index (κ3) is 6.63. The van der Waals surface area contributed by atoms with Crippen LogP contribution >= 0.6 is 0 Å². The molecule has 0 aromatic rings. The van der Waals surface area contributed by atoms with Gasteiger partial charge in [0.15, 0.2) is 0 Å². The average molecular weight is 201 g/mol. The topological polar surface area (TPSA) is 60.2 Å². The minimum absolute atomic E-state index is 0.00231. The van der Waals surface area contributed by atoms with Crippen LogP contribution in [0, 0.1) is 17.3 Å². The molecule has 0 aliphatic carbocycles. The molecule has 0 saturated carbocycles. The fraction of sp³-hybridized carbons (Fsp3) is 0.818. The molecule has 0 rings (SSSR count). The van der Waals surface area contributed by atoms with E-state index in [4.69, 9.17) is 10.5 Å². The second kappa shape index (κ2) is 6.57. The zero-order valence-corrected chi connectivity index (χ0v) is 9.96. The molecule has 0 radical (unpaired) electrons. The molecular formula is C11H23NO2. The average Bonchev–Trinajstić information content (AvgIpc) is 2.01. The Bertz CT molecular complexity index is 171. The van der Waals surface area contributed by atoms with Crippen LogP contribution in [0.3, 0.4) is 0 Å². The molecule has 0 aromatic heterocycles. The zero-order chi connectivity index (χ0) is 11.9. The number of hydrogen-bond donors (Lipinski definition) is 1. The molecule has 1 atom stereocenters. The molecule has 3 nitrogen and oxygen atoms in total. The SMILES string of the molecule is C=O.CC(C)CC(C(N)=O)C(C)(C)C. The van der Waals surface area contributed by atoms with Crippen molar-refractivity contribution in [1.29, 1.82) is 0 Å². The lowest BCUT2D eigenvalue weighted by molar-refractivity contribution is -0.125. The van der Waals surface area contributed by atoms with Gasteiger partial charge in [-0.05, 0) is 17.8 Å². The lowest BCUT2D eigenvalue weighted by atomic mass is 9.76. The summed E-state index contributed by atoms with van der Waals surface area (Å²) in [6.07, 6.45) is 0.888. The Balaban J connectivity index is 0. The first-order valence-electron chi connectivity index (χ1n) is 4.83. The summed E-state index contributed by atoms with van der Waals surface area (Å²) in [7, 11) is 0. The van der Waals surface area contributed by atoms with E-state index in [9.17, 15) is 4.79 Å². The van der Waals surface area contributed by atoms with Crippen molar-refractivity contribution in [2.45, 2.75) is 41.0 Å². The number of primary amides is 1. The third-order valence-electron chi connectivity index (χ3n) is 2.10. The molecule has 84 valence electrons. The number of nitrogens with two attached hydrogens (primary N) is 1. The van der Waals surface area contributed by atoms with Crippen molar-refractivity contribution in [1.82, 2.24) is 0 Å². The minimum atomic E-state index is -0.170. The van der Waals surface area contributed by atoms with Crippen LogP contribution in [0.2, 0.25) is 0 Å². The number of rotatable bonds is 3. The third-order valence-corrected chi connectivity index (χ3v) is 2.10.